The Bertz CT molecular complexity index is 278. The van der Waals surface area contributed by atoms with Gasteiger partial charge in [0.25, 0.3) is 0 Å². The van der Waals surface area contributed by atoms with Crippen molar-refractivity contribution in [1.82, 2.24) is 4.98 Å². The Morgan fingerprint density at radius 1 is 1.57 bits per heavy atom. The molecular formula is C10H15FN2S. The van der Waals surface area contributed by atoms with Gasteiger partial charge in [0.2, 0.25) is 0 Å². The molecule has 2 rings (SSSR count). The molecule has 0 saturated heterocycles. The molecule has 0 unspecified atom stereocenters. The summed E-state index contributed by atoms with van der Waals surface area (Å²) in [5, 5.41) is 2.80. The van der Waals surface area contributed by atoms with Crippen LogP contribution in [0.3, 0.4) is 0 Å². The summed E-state index contributed by atoms with van der Waals surface area (Å²) in [4.78, 5) is 4.12. The first-order valence-electron chi connectivity index (χ1n) is 5.01. The Morgan fingerprint density at radius 3 is 2.86 bits per heavy atom. The fourth-order valence-corrected chi connectivity index (χ4v) is 2.69. The van der Waals surface area contributed by atoms with Gasteiger partial charge < -0.3 is 5.73 Å². The molecule has 1 aliphatic rings. The average Bonchev–Trinajstić information content (AvgIpc) is 2.63. The smallest absolute Gasteiger partial charge is 0.117 e. The van der Waals surface area contributed by atoms with E-state index in [4.69, 9.17) is 5.73 Å². The van der Waals surface area contributed by atoms with Crippen molar-refractivity contribution in [3.8, 4) is 0 Å². The van der Waals surface area contributed by atoms with E-state index >= 15 is 0 Å². The molecule has 1 saturated carbocycles. The molecule has 0 aromatic carbocycles. The van der Waals surface area contributed by atoms with Crippen LogP contribution in [0.15, 0.2) is 11.6 Å². The highest BCUT2D eigenvalue weighted by atomic mass is 32.1. The van der Waals surface area contributed by atoms with Gasteiger partial charge in [0, 0.05) is 24.0 Å². The Labute approximate surface area is 87.3 Å². The molecule has 2 nitrogen and oxygen atoms in total. The molecule has 0 aliphatic heterocycles. The predicted octanol–water partition coefficient (Wildman–Crippen LogP) is 2.30. The summed E-state index contributed by atoms with van der Waals surface area (Å²) in [6, 6.07) is 0.204. The van der Waals surface area contributed by atoms with Gasteiger partial charge in [0.15, 0.2) is 0 Å². The van der Waals surface area contributed by atoms with Gasteiger partial charge in [-0.3, -0.25) is 0 Å². The van der Waals surface area contributed by atoms with Crippen molar-refractivity contribution >= 4 is 11.3 Å². The topological polar surface area (TPSA) is 38.9 Å². The summed E-state index contributed by atoms with van der Waals surface area (Å²) < 4.78 is 14.2. The molecule has 4 heteroatoms. The number of halogens is 1. The zero-order valence-corrected chi connectivity index (χ0v) is 8.89. The minimum atomic E-state index is -1.05. The van der Waals surface area contributed by atoms with E-state index in [9.17, 15) is 4.39 Å². The van der Waals surface area contributed by atoms with Gasteiger partial charge in [0.1, 0.15) is 5.67 Å². The molecule has 1 aromatic heterocycles. The van der Waals surface area contributed by atoms with Crippen molar-refractivity contribution in [3.05, 3.63) is 16.6 Å². The third kappa shape index (κ3) is 2.30. The molecule has 2 N–H and O–H groups in total. The molecule has 1 fully saturated rings. The number of nitrogens with zero attached hydrogens (tertiary/aromatic N) is 1. The average molecular weight is 214 g/mol. The van der Waals surface area contributed by atoms with E-state index in [1.54, 1.807) is 6.20 Å². The predicted molar refractivity (Wildman–Crippen MR) is 56.1 cm³/mol. The number of rotatable bonds is 2. The van der Waals surface area contributed by atoms with Gasteiger partial charge in [0.05, 0.1) is 5.01 Å². The monoisotopic (exact) mass is 214 g/mol. The normalized spacial score (nSPS) is 33.1. The first-order chi connectivity index (χ1) is 6.68. The van der Waals surface area contributed by atoms with Gasteiger partial charge in [-0.05, 0) is 25.7 Å². The Morgan fingerprint density at radius 2 is 2.29 bits per heavy atom. The second kappa shape index (κ2) is 3.95. The van der Waals surface area contributed by atoms with Crippen LogP contribution in [0.1, 0.15) is 30.7 Å². The van der Waals surface area contributed by atoms with Crippen molar-refractivity contribution < 1.29 is 4.39 Å². The van der Waals surface area contributed by atoms with Crippen LogP contribution in [0.25, 0.3) is 0 Å². The van der Waals surface area contributed by atoms with Crippen LogP contribution >= 0.6 is 11.3 Å². The quantitative estimate of drug-likeness (QED) is 0.820. The summed E-state index contributed by atoms with van der Waals surface area (Å²) in [5.41, 5.74) is 4.70. The molecular weight excluding hydrogens is 199 g/mol. The SMILES string of the molecule is NC1CCC(F)(Cc2nccs2)CC1. The van der Waals surface area contributed by atoms with Crippen molar-refractivity contribution in [2.24, 2.45) is 5.73 Å². The molecule has 0 amide bonds. The van der Waals surface area contributed by atoms with Crippen LogP contribution in [-0.4, -0.2) is 16.7 Å². The van der Waals surface area contributed by atoms with Crippen LogP contribution in [-0.2, 0) is 6.42 Å². The Kier molecular flexibility index (Phi) is 2.83. The highest BCUT2D eigenvalue weighted by Gasteiger charge is 2.34. The van der Waals surface area contributed by atoms with Crippen LogP contribution in [0.4, 0.5) is 4.39 Å². The molecule has 1 aliphatic carbocycles. The van der Waals surface area contributed by atoms with Crippen LogP contribution in [0.2, 0.25) is 0 Å². The molecule has 78 valence electrons. The van der Waals surface area contributed by atoms with Crippen molar-refractivity contribution in [1.29, 1.82) is 0 Å². The molecule has 14 heavy (non-hydrogen) atoms. The van der Waals surface area contributed by atoms with E-state index in [1.807, 2.05) is 5.38 Å². The third-order valence-electron chi connectivity index (χ3n) is 2.88. The summed E-state index contributed by atoms with van der Waals surface area (Å²) in [6.07, 6.45) is 5.00. The lowest BCUT2D eigenvalue weighted by Crippen LogP contribution is -2.37. The van der Waals surface area contributed by atoms with E-state index in [0.717, 1.165) is 17.8 Å². The zero-order valence-electron chi connectivity index (χ0n) is 8.08. The van der Waals surface area contributed by atoms with E-state index in [1.165, 1.54) is 11.3 Å². The van der Waals surface area contributed by atoms with E-state index in [2.05, 4.69) is 4.98 Å². The summed E-state index contributed by atoms with van der Waals surface area (Å²) in [7, 11) is 0. The van der Waals surface area contributed by atoms with Crippen molar-refractivity contribution in [2.75, 3.05) is 0 Å². The van der Waals surface area contributed by atoms with Gasteiger partial charge in [-0.15, -0.1) is 11.3 Å². The fourth-order valence-electron chi connectivity index (χ4n) is 1.95. The van der Waals surface area contributed by atoms with E-state index < -0.39 is 5.67 Å². The highest BCUT2D eigenvalue weighted by molar-refractivity contribution is 7.09. The second-order valence-electron chi connectivity index (χ2n) is 4.09. The lowest BCUT2D eigenvalue weighted by Gasteiger charge is -2.31. The number of aromatic nitrogens is 1. The van der Waals surface area contributed by atoms with Crippen LogP contribution in [0.5, 0.6) is 0 Å². The summed E-state index contributed by atoms with van der Waals surface area (Å²) in [6.45, 7) is 0. The van der Waals surface area contributed by atoms with Crippen molar-refractivity contribution in [2.45, 2.75) is 43.8 Å². The number of hydrogen-bond acceptors (Lipinski definition) is 3. The van der Waals surface area contributed by atoms with Gasteiger partial charge >= 0.3 is 0 Å². The maximum absolute atomic E-state index is 14.2. The lowest BCUT2D eigenvalue weighted by molar-refractivity contribution is 0.0994. The maximum atomic E-state index is 14.2. The number of thiazole rings is 1. The molecule has 1 heterocycles. The molecule has 0 spiro atoms. The van der Waals surface area contributed by atoms with E-state index in [-0.39, 0.29) is 6.04 Å². The number of alkyl halides is 1. The lowest BCUT2D eigenvalue weighted by atomic mass is 9.82. The standard InChI is InChI=1S/C10H15FN2S/c11-10(3-1-8(12)2-4-10)7-9-13-5-6-14-9/h5-6,8H,1-4,7,12H2. The third-order valence-corrected chi connectivity index (χ3v) is 3.66. The molecule has 0 bridgehead atoms. The molecule has 0 radical (unpaired) electrons. The van der Waals surface area contributed by atoms with Gasteiger partial charge in [-0.2, -0.15) is 0 Å². The highest BCUT2D eigenvalue weighted by Crippen LogP contribution is 2.34. The maximum Gasteiger partial charge on any atom is 0.117 e. The van der Waals surface area contributed by atoms with Crippen LogP contribution < -0.4 is 5.73 Å². The number of nitrogens with two attached hydrogens (primary N) is 1. The largest absolute Gasteiger partial charge is 0.328 e. The number of hydrogen-bond donors (Lipinski definition) is 1. The minimum absolute atomic E-state index is 0.204. The second-order valence-corrected chi connectivity index (χ2v) is 5.07. The fraction of sp³-hybridized carbons (Fsp3) is 0.700. The van der Waals surface area contributed by atoms with Gasteiger partial charge in [-0.25, -0.2) is 9.37 Å². The van der Waals surface area contributed by atoms with Crippen LogP contribution in [0, 0.1) is 0 Å². The first kappa shape index (κ1) is 10.1. The first-order valence-corrected chi connectivity index (χ1v) is 5.89. The summed E-state index contributed by atoms with van der Waals surface area (Å²) >= 11 is 1.53. The summed E-state index contributed by atoms with van der Waals surface area (Å²) in [5.74, 6) is 0. The van der Waals surface area contributed by atoms with Crippen molar-refractivity contribution in [3.63, 3.8) is 0 Å². The van der Waals surface area contributed by atoms with E-state index in [0.29, 0.717) is 19.3 Å². The minimum Gasteiger partial charge on any atom is -0.328 e. The molecule has 0 atom stereocenters. The Balaban J connectivity index is 1.96. The Hall–Kier alpha value is -0.480. The molecule has 1 aromatic rings. The van der Waals surface area contributed by atoms with Gasteiger partial charge in [-0.1, -0.05) is 0 Å². The zero-order chi connectivity index (χ0) is 10.0.